The van der Waals surface area contributed by atoms with Crippen LogP contribution in [0.3, 0.4) is 0 Å². The van der Waals surface area contributed by atoms with Crippen LogP contribution in [0.2, 0.25) is 0 Å². The van der Waals surface area contributed by atoms with Crippen molar-refractivity contribution >= 4 is 11.8 Å². The fourth-order valence-corrected chi connectivity index (χ4v) is 2.07. The average Bonchev–Trinajstić information content (AvgIpc) is 2.20. The normalized spacial score (nSPS) is 10.5. The first-order valence-electron chi connectivity index (χ1n) is 4.67. The average molecular weight is 212 g/mol. The molecule has 0 aliphatic heterocycles. The molecule has 2 N–H and O–H groups in total. The molecule has 14 heavy (non-hydrogen) atoms. The number of hydrogen-bond donors (Lipinski definition) is 2. The van der Waals surface area contributed by atoms with Gasteiger partial charge in [-0.2, -0.15) is 0 Å². The molecule has 0 radical (unpaired) electrons. The van der Waals surface area contributed by atoms with E-state index in [1.165, 1.54) is 0 Å². The van der Waals surface area contributed by atoms with Gasteiger partial charge in [-0.1, -0.05) is 6.07 Å². The van der Waals surface area contributed by atoms with Gasteiger partial charge in [-0.25, -0.2) is 0 Å². The van der Waals surface area contributed by atoms with E-state index >= 15 is 0 Å². The number of phenols is 1. The number of rotatable bonds is 4. The summed E-state index contributed by atoms with van der Waals surface area (Å²) >= 11 is 1.63. The van der Waals surface area contributed by atoms with Crippen molar-refractivity contribution in [2.75, 3.05) is 12.9 Å². The van der Waals surface area contributed by atoms with Gasteiger partial charge in [0, 0.05) is 17.1 Å². The van der Waals surface area contributed by atoms with E-state index in [2.05, 4.69) is 0 Å². The van der Waals surface area contributed by atoms with Gasteiger partial charge in [-0.3, -0.25) is 0 Å². The van der Waals surface area contributed by atoms with Crippen molar-refractivity contribution in [3.63, 3.8) is 0 Å². The lowest BCUT2D eigenvalue weighted by atomic mass is 10.1. The van der Waals surface area contributed by atoms with E-state index in [1.54, 1.807) is 11.8 Å². The number of aliphatic hydroxyl groups excluding tert-OH is 1. The van der Waals surface area contributed by atoms with Crippen LogP contribution in [0.15, 0.2) is 17.0 Å². The van der Waals surface area contributed by atoms with Gasteiger partial charge in [0.1, 0.15) is 5.75 Å². The fourth-order valence-electron chi connectivity index (χ4n) is 1.42. The van der Waals surface area contributed by atoms with E-state index in [-0.39, 0.29) is 6.61 Å². The highest BCUT2D eigenvalue weighted by Crippen LogP contribution is 2.31. The number of thioether (sulfide) groups is 1. The largest absolute Gasteiger partial charge is 0.507 e. The summed E-state index contributed by atoms with van der Waals surface area (Å²) in [5.74, 6) is 0.380. The molecule has 0 saturated carbocycles. The van der Waals surface area contributed by atoms with E-state index in [1.807, 2.05) is 25.3 Å². The zero-order valence-electron chi connectivity index (χ0n) is 8.58. The summed E-state index contributed by atoms with van der Waals surface area (Å²) in [5.41, 5.74) is 1.86. The van der Waals surface area contributed by atoms with Gasteiger partial charge in [0.15, 0.2) is 0 Å². The molecule has 0 aromatic heterocycles. The number of aromatic hydroxyl groups is 1. The molecule has 0 heterocycles. The van der Waals surface area contributed by atoms with E-state index < -0.39 is 0 Å². The van der Waals surface area contributed by atoms with Gasteiger partial charge in [-0.15, -0.1) is 11.8 Å². The standard InChI is InChI=1S/C11H16O2S/c1-8-5-6-10(14-2)9(11(8)13)4-3-7-12/h5-6,12-13H,3-4,7H2,1-2H3. The Morgan fingerprint density at radius 2 is 2.07 bits per heavy atom. The van der Waals surface area contributed by atoms with Gasteiger partial charge in [-0.05, 0) is 37.7 Å². The van der Waals surface area contributed by atoms with Crippen LogP contribution in [-0.4, -0.2) is 23.1 Å². The van der Waals surface area contributed by atoms with Crippen LogP contribution in [0.25, 0.3) is 0 Å². The van der Waals surface area contributed by atoms with Gasteiger partial charge >= 0.3 is 0 Å². The van der Waals surface area contributed by atoms with E-state index in [0.717, 1.165) is 22.4 Å². The van der Waals surface area contributed by atoms with Crippen molar-refractivity contribution in [1.82, 2.24) is 0 Å². The Balaban J connectivity index is 3.01. The maximum Gasteiger partial charge on any atom is 0.122 e. The molecule has 0 saturated heterocycles. The molecule has 1 aromatic carbocycles. The van der Waals surface area contributed by atoms with E-state index in [4.69, 9.17) is 5.11 Å². The molecule has 0 aliphatic carbocycles. The molecular formula is C11H16O2S. The third-order valence-electron chi connectivity index (χ3n) is 2.25. The van der Waals surface area contributed by atoms with Crippen molar-refractivity contribution < 1.29 is 10.2 Å². The summed E-state index contributed by atoms with van der Waals surface area (Å²) in [6.07, 6.45) is 3.43. The third kappa shape index (κ3) is 2.42. The molecule has 0 atom stereocenters. The second-order valence-electron chi connectivity index (χ2n) is 3.24. The van der Waals surface area contributed by atoms with Crippen LogP contribution in [0.5, 0.6) is 5.75 Å². The van der Waals surface area contributed by atoms with Gasteiger partial charge in [0.25, 0.3) is 0 Å². The minimum Gasteiger partial charge on any atom is -0.507 e. The van der Waals surface area contributed by atoms with Crippen molar-refractivity contribution in [3.05, 3.63) is 23.3 Å². The second-order valence-corrected chi connectivity index (χ2v) is 4.09. The highest BCUT2D eigenvalue weighted by atomic mass is 32.2. The number of aryl methyl sites for hydroxylation is 1. The Labute approximate surface area is 89.0 Å². The van der Waals surface area contributed by atoms with Crippen LogP contribution in [0, 0.1) is 6.92 Å². The van der Waals surface area contributed by atoms with E-state index in [0.29, 0.717) is 12.2 Å². The summed E-state index contributed by atoms with van der Waals surface area (Å²) in [6.45, 7) is 2.06. The first-order valence-corrected chi connectivity index (χ1v) is 5.89. The van der Waals surface area contributed by atoms with Crippen molar-refractivity contribution in [2.45, 2.75) is 24.7 Å². The number of phenolic OH excluding ortho intramolecular Hbond substituents is 1. The smallest absolute Gasteiger partial charge is 0.122 e. The van der Waals surface area contributed by atoms with Gasteiger partial charge < -0.3 is 10.2 Å². The quantitative estimate of drug-likeness (QED) is 0.753. The van der Waals surface area contributed by atoms with Crippen molar-refractivity contribution in [1.29, 1.82) is 0 Å². The summed E-state index contributed by atoms with van der Waals surface area (Å²) in [4.78, 5) is 1.10. The molecule has 0 spiro atoms. The highest BCUT2D eigenvalue weighted by molar-refractivity contribution is 7.98. The lowest BCUT2D eigenvalue weighted by Crippen LogP contribution is -1.94. The summed E-state index contributed by atoms with van der Waals surface area (Å²) in [5, 5.41) is 18.6. The molecule has 0 unspecified atom stereocenters. The van der Waals surface area contributed by atoms with Crippen molar-refractivity contribution in [3.8, 4) is 5.75 Å². The Bertz CT molecular complexity index is 310. The van der Waals surface area contributed by atoms with Crippen molar-refractivity contribution in [2.24, 2.45) is 0 Å². The SMILES string of the molecule is CSc1ccc(C)c(O)c1CCCO. The summed E-state index contributed by atoms with van der Waals surface area (Å²) < 4.78 is 0. The molecule has 0 aliphatic rings. The first kappa shape index (κ1) is 11.4. The molecule has 78 valence electrons. The Morgan fingerprint density at radius 1 is 1.36 bits per heavy atom. The molecule has 0 bridgehead atoms. The molecule has 0 amide bonds. The Morgan fingerprint density at radius 3 is 2.64 bits per heavy atom. The summed E-state index contributed by atoms with van der Waals surface area (Å²) in [7, 11) is 0. The molecule has 1 rings (SSSR count). The highest BCUT2D eigenvalue weighted by Gasteiger charge is 2.09. The fraction of sp³-hybridized carbons (Fsp3) is 0.455. The summed E-state index contributed by atoms with van der Waals surface area (Å²) in [6, 6.07) is 3.94. The molecule has 0 fully saturated rings. The van der Waals surface area contributed by atoms with Crippen LogP contribution in [-0.2, 0) is 6.42 Å². The zero-order chi connectivity index (χ0) is 10.6. The number of hydrogen-bond acceptors (Lipinski definition) is 3. The molecule has 1 aromatic rings. The lowest BCUT2D eigenvalue weighted by Gasteiger charge is -2.11. The van der Waals surface area contributed by atoms with Gasteiger partial charge in [0.2, 0.25) is 0 Å². The minimum absolute atomic E-state index is 0.168. The minimum atomic E-state index is 0.168. The Hall–Kier alpha value is -0.670. The predicted octanol–water partition coefficient (Wildman–Crippen LogP) is 2.35. The first-order chi connectivity index (χ1) is 6.70. The predicted molar refractivity (Wildman–Crippen MR) is 60.0 cm³/mol. The monoisotopic (exact) mass is 212 g/mol. The van der Waals surface area contributed by atoms with Gasteiger partial charge in [0.05, 0.1) is 0 Å². The zero-order valence-corrected chi connectivity index (χ0v) is 9.40. The topological polar surface area (TPSA) is 40.5 Å². The third-order valence-corrected chi connectivity index (χ3v) is 3.07. The van der Waals surface area contributed by atoms with Crippen LogP contribution < -0.4 is 0 Å². The van der Waals surface area contributed by atoms with E-state index in [9.17, 15) is 5.11 Å². The number of aliphatic hydroxyl groups is 1. The maximum absolute atomic E-state index is 9.84. The Kier molecular flexibility index (Phi) is 4.29. The maximum atomic E-state index is 9.84. The second kappa shape index (κ2) is 5.27. The molecule has 3 heteroatoms. The lowest BCUT2D eigenvalue weighted by molar-refractivity contribution is 0.287. The number of benzene rings is 1. The van der Waals surface area contributed by atoms with Crippen LogP contribution in [0.1, 0.15) is 17.5 Å². The molecule has 2 nitrogen and oxygen atoms in total. The van der Waals surface area contributed by atoms with Crippen LogP contribution in [0.4, 0.5) is 0 Å². The molecular weight excluding hydrogens is 196 g/mol. The van der Waals surface area contributed by atoms with Crippen LogP contribution >= 0.6 is 11.8 Å².